The third-order valence-electron chi connectivity index (χ3n) is 3.85. The number of aromatic nitrogens is 2. The number of amides is 1. The maximum Gasteiger partial charge on any atom is 0.258 e. The van der Waals surface area contributed by atoms with Crippen LogP contribution in [0.1, 0.15) is 21.5 Å². The van der Waals surface area contributed by atoms with Crippen LogP contribution in [0.5, 0.6) is 0 Å². The second-order valence-corrected chi connectivity index (χ2v) is 6.62. The van der Waals surface area contributed by atoms with Crippen LogP contribution in [0.2, 0.25) is 10.0 Å². The number of benzene rings is 2. The smallest absolute Gasteiger partial charge is 0.258 e. The van der Waals surface area contributed by atoms with Crippen LogP contribution in [0.25, 0.3) is 0 Å². The van der Waals surface area contributed by atoms with Gasteiger partial charge in [-0.15, -0.1) is 0 Å². The Kier molecular flexibility index (Phi) is 5.40. The van der Waals surface area contributed by atoms with Crippen molar-refractivity contribution in [2.45, 2.75) is 13.8 Å². The minimum absolute atomic E-state index is 0.332. The van der Waals surface area contributed by atoms with Gasteiger partial charge in [-0.1, -0.05) is 29.3 Å². The van der Waals surface area contributed by atoms with Gasteiger partial charge in [-0.05, 0) is 55.3 Å². The second-order valence-electron chi connectivity index (χ2n) is 5.80. The number of carbonyl (C=O) groups is 1. The lowest BCUT2D eigenvalue weighted by Gasteiger charge is -2.08. The standard InChI is InChI=1S/C19H16Cl2N4O/c1-11-3-4-14(7-12(11)2)25-19-22-9-13(10-23-19)18(26)24-15-5-6-16(20)17(21)8-15/h3-10H,1-2H3,(H,24,26)(H,22,23,25). The van der Waals surface area contributed by atoms with Crippen molar-refractivity contribution >= 4 is 46.4 Å². The van der Waals surface area contributed by atoms with E-state index in [1.807, 2.05) is 25.1 Å². The Morgan fingerprint density at radius 3 is 2.23 bits per heavy atom. The Morgan fingerprint density at radius 2 is 1.58 bits per heavy atom. The lowest BCUT2D eigenvalue weighted by Crippen LogP contribution is -2.13. The first-order chi connectivity index (χ1) is 12.4. The molecule has 0 aliphatic heterocycles. The minimum Gasteiger partial charge on any atom is -0.324 e. The molecule has 0 aliphatic rings. The zero-order valence-corrected chi connectivity index (χ0v) is 15.7. The van der Waals surface area contributed by atoms with E-state index in [9.17, 15) is 4.79 Å². The molecule has 132 valence electrons. The summed E-state index contributed by atoms with van der Waals surface area (Å²) in [4.78, 5) is 20.7. The van der Waals surface area contributed by atoms with Gasteiger partial charge in [-0.2, -0.15) is 0 Å². The molecular formula is C19H16Cl2N4O. The summed E-state index contributed by atoms with van der Waals surface area (Å²) >= 11 is 11.8. The number of carbonyl (C=O) groups excluding carboxylic acids is 1. The number of rotatable bonds is 4. The van der Waals surface area contributed by atoms with E-state index in [0.29, 0.717) is 27.2 Å². The van der Waals surface area contributed by atoms with Crippen molar-refractivity contribution in [3.63, 3.8) is 0 Å². The highest BCUT2D eigenvalue weighted by atomic mass is 35.5. The van der Waals surface area contributed by atoms with Gasteiger partial charge in [-0.3, -0.25) is 4.79 Å². The summed E-state index contributed by atoms with van der Waals surface area (Å²) < 4.78 is 0. The average Bonchev–Trinajstić information content (AvgIpc) is 2.62. The largest absolute Gasteiger partial charge is 0.324 e. The average molecular weight is 387 g/mol. The number of aryl methyl sites for hydroxylation is 2. The van der Waals surface area contributed by atoms with E-state index < -0.39 is 0 Å². The molecule has 0 aliphatic carbocycles. The molecule has 0 fully saturated rings. The van der Waals surface area contributed by atoms with Gasteiger partial charge in [0.25, 0.3) is 5.91 Å². The van der Waals surface area contributed by atoms with Gasteiger partial charge in [-0.25, -0.2) is 9.97 Å². The van der Waals surface area contributed by atoms with Gasteiger partial charge in [0.15, 0.2) is 0 Å². The maximum absolute atomic E-state index is 12.3. The van der Waals surface area contributed by atoms with E-state index in [1.165, 1.54) is 23.5 Å². The lowest BCUT2D eigenvalue weighted by atomic mass is 10.1. The van der Waals surface area contributed by atoms with E-state index in [1.54, 1.807) is 18.2 Å². The van der Waals surface area contributed by atoms with Crippen molar-refractivity contribution in [2.24, 2.45) is 0 Å². The number of halogens is 2. The first-order valence-electron chi connectivity index (χ1n) is 7.85. The molecule has 0 saturated heterocycles. The molecule has 0 unspecified atom stereocenters. The summed E-state index contributed by atoms with van der Waals surface area (Å²) in [6.45, 7) is 4.09. The summed E-state index contributed by atoms with van der Waals surface area (Å²) in [5, 5.41) is 6.64. The van der Waals surface area contributed by atoms with Gasteiger partial charge < -0.3 is 10.6 Å². The molecule has 1 amide bonds. The van der Waals surface area contributed by atoms with Crippen molar-refractivity contribution < 1.29 is 4.79 Å². The Balaban J connectivity index is 1.69. The van der Waals surface area contributed by atoms with Crippen molar-refractivity contribution in [1.82, 2.24) is 9.97 Å². The molecule has 0 bridgehead atoms. The Morgan fingerprint density at radius 1 is 0.885 bits per heavy atom. The first kappa shape index (κ1) is 18.2. The Hall–Kier alpha value is -2.63. The van der Waals surface area contributed by atoms with E-state index in [0.717, 1.165) is 5.69 Å². The molecule has 3 rings (SSSR count). The summed E-state index contributed by atoms with van der Waals surface area (Å²) in [6.07, 6.45) is 2.92. The SMILES string of the molecule is Cc1ccc(Nc2ncc(C(=O)Nc3ccc(Cl)c(Cl)c3)cn2)cc1C. The molecule has 0 saturated carbocycles. The summed E-state index contributed by atoms with van der Waals surface area (Å²) in [5.41, 5.74) is 4.16. The molecule has 7 heteroatoms. The quantitative estimate of drug-likeness (QED) is 0.629. The zero-order valence-electron chi connectivity index (χ0n) is 14.2. The summed E-state index contributed by atoms with van der Waals surface area (Å²) in [6, 6.07) is 10.9. The van der Waals surface area contributed by atoms with Crippen LogP contribution in [0.15, 0.2) is 48.8 Å². The van der Waals surface area contributed by atoms with Crippen LogP contribution in [-0.4, -0.2) is 15.9 Å². The van der Waals surface area contributed by atoms with Gasteiger partial charge in [0, 0.05) is 23.8 Å². The van der Waals surface area contributed by atoms with Gasteiger partial charge in [0.05, 0.1) is 15.6 Å². The summed E-state index contributed by atoms with van der Waals surface area (Å²) in [5.74, 6) is 0.0838. The fourth-order valence-corrected chi connectivity index (χ4v) is 2.53. The van der Waals surface area contributed by atoms with E-state index in [-0.39, 0.29) is 5.91 Å². The molecule has 0 radical (unpaired) electrons. The van der Waals surface area contributed by atoms with Crippen LogP contribution in [0, 0.1) is 13.8 Å². The monoisotopic (exact) mass is 386 g/mol. The maximum atomic E-state index is 12.3. The molecule has 1 heterocycles. The van der Waals surface area contributed by atoms with E-state index in [4.69, 9.17) is 23.2 Å². The molecule has 0 atom stereocenters. The highest BCUT2D eigenvalue weighted by molar-refractivity contribution is 6.42. The molecule has 0 spiro atoms. The number of hydrogen-bond donors (Lipinski definition) is 2. The molecule has 2 aromatic carbocycles. The number of nitrogens with one attached hydrogen (secondary N) is 2. The van der Waals surface area contributed by atoms with E-state index >= 15 is 0 Å². The van der Waals surface area contributed by atoms with Crippen LogP contribution in [0.3, 0.4) is 0 Å². The highest BCUT2D eigenvalue weighted by Crippen LogP contribution is 2.25. The molecular weight excluding hydrogens is 371 g/mol. The lowest BCUT2D eigenvalue weighted by molar-refractivity contribution is 0.102. The molecule has 2 N–H and O–H groups in total. The van der Waals surface area contributed by atoms with Crippen LogP contribution < -0.4 is 10.6 Å². The first-order valence-corrected chi connectivity index (χ1v) is 8.61. The predicted molar refractivity (Wildman–Crippen MR) is 106 cm³/mol. The predicted octanol–water partition coefficient (Wildman–Crippen LogP) is 5.40. The van der Waals surface area contributed by atoms with Crippen LogP contribution in [-0.2, 0) is 0 Å². The van der Waals surface area contributed by atoms with Crippen molar-refractivity contribution in [3.05, 3.63) is 75.5 Å². The van der Waals surface area contributed by atoms with Crippen LogP contribution >= 0.6 is 23.2 Å². The third kappa shape index (κ3) is 4.31. The molecule has 1 aromatic heterocycles. The summed E-state index contributed by atoms with van der Waals surface area (Å²) in [7, 11) is 0. The third-order valence-corrected chi connectivity index (χ3v) is 4.59. The van der Waals surface area contributed by atoms with Gasteiger partial charge >= 0.3 is 0 Å². The van der Waals surface area contributed by atoms with Crippen LogP contribution in [0.4, 0.5) is 17.3 Å². The van der Waals surface area contributed by atoms with Crippen molar-refractivity contribution in [3.8, 4) is 0 Å². The second kappa shape index (κ2) is 7.72. The Labute approximate surface area is 161 Å². The van der Waals surface area contributed by atoms with E-state index in [2.05, 4.69) is 27.5 Å². The molecule has 5 nitrogen and oxygen atoms in total. The fraction of sp³-hybridized carbons (Fsp3) is 0.105. The fourth-order valence-electron chi connectivity index (χ4n) is 2.24. The zero-order chi connectivity index (χ0) is 18.7. The minimum atomic E-state index is -0.332. The van der Waals surface area contributed by atoms with Gasteiger partial charge in [0.1, 0.15) is 0 Å². The normalized spacial score (nSPS) is 10.5. The number of hydrogen-bond acceptors (Lipinski definition) is 4. The topological polar surface area (TPSA) is 66.9 Å². The molecule has 26 heavy (non-hydrogen) atoms. The van der Waals surface area contributed by atoms with Crippen molar-refractivity contribution in [1.29, 1.82) is 0 Å². The molecule has 3 aromatic rings. The Bertz CT molecular complexity index is 958. The van der Waals surface area contributed by atoms with Crippen molar-refractivity contribution in [2.75, 3.05) is 10.6 Å². The highest BCUT2D eigenvalue weighted by Gasteiger charge is 2.09. The van der Waals surface area contributed by atoms with Gasteiger partial charge in [0.2, 0.25) is 5.95 Å². The number of nitrogens with zero attached hydrogens (tertiary/aromatic N) is 2. The number of anilines is 3.